The van der Waals surface area contributed by atoms with Gasteiger partial charge in [0.05, 0.1) is 10.5 Å². The van der Waals surface area contributed by atoms with Crippen molar-refractivity contribution in [3.8, 4) is 0 Å². The number of hydrogen-bond acceptors (Lipinski definition) is 3. The Labute approximate surface area is 89.1 Å². The Morgan fingerprint density at radius 2 is 1.87 bits per heavy atom. The van der Waals surface area contributed by atoms with Crippen LogP contribution in [0.15, 0.2) is 0 Å². The molecule has 0 aromatic carbocycles. The largest absolute Gasteiger partial charge is 0.356 e. The lowest BCUT2D eigenvalue weighted by atomic mass is 9.70. The second kappa shape index (κ2) is 3.47. The zero-order valence-electron chi connectivity index (χ0n) is 9.45. The van der Waals surface area contributed by atoms with Crippen molar-refractivity contribution in [1.82, 2.24) is 0 Å². The van der Waals surface area contributed by atoms with E-state index < -0.39 is 5.09 Å². The molecule has 0 radical (unpaired) electrons. The standard InChI is InChI=1S/C10H17N.NO3/c1-9(2)7-4-5-10(9,3)8(11)6-7;2-1(3)4/h7,11H,4-6H2,1-3H3;/q;-1/p+1. The van der Waals surface area contributed by atoms with E-state index in [1.54, 1.807) is 0 Å². The van der Waals surface area contributed by atoms with E-state index >= 15 is 0 Å². The quantitative estimate of drug-likeness (QED) is 0.477. The van der Waals surface area contributed by atoms with Crippen molar-refractivity contribution in [2.75, 3.05) is 0 Å². The van der Waals surface area contributed by atoms with Gasteiger partial charge in [-0.2, -0.15) is 0 Å². The zero-order chi connectivity index (χ0) is 11.9. The molecule has 0 amide bonds. The van der Waals surface area contributed by atoms with Crippen LogP contribution in [0.5, 0.6) is 0 Å². The number of rotatable bonds is 0. The number of nitrogens with zero attached hydrogens (tertiary/aromatic N) is 1. The molecule has 2 aliphatic rings. The number of nitrogens with two attached hydrogens (primary N) is 1. The van der Waals surface area contributed by atoms with Gasteiger partial charge in [0.1, 0.15) is 0 Å². The van der Waals surface area contributed by atoms with Crippen LogP contribution < -0.4 is 5.41 Å². The first-order valence-corrected chi connectivity index (χ1v) is 5.15. The summed E-state index contributed by atoms with van der Waals surface area (Å²) >= 11 is 0. The Morgan fingerprint density at radius 3 is 2.00 bits per heavy atom. The molecule has 0 heterocycles. The molecule has 0 aromatic rings. The van der Waals surface area contributed by atoms with Crippen molar-refractivity contribution in [3.05, 3.63) is 15.3 Å². The monoisotopic (exact) mass is 214 g/mol. The van der Waals surface area contributed by atoms with Gasteiger partial charge < -0.3 is 15.3 Å². The molecule has 5 nitrogen and oxygen atoms in total. The number of hydrogen-bond donors (Lipinski definition) is 1. The smallest absolute Gasteiger partial charge is 0.155 e. The fourth-order valence-electron chi connectivity index (χ4n) is 3.02. The predicted octanol–water partition coefficient (Wildman–Crippen LogP) is 0.794. The lowest BCUT2D eigenvalue weighted by molar-refractivity contribution is -0.402. The van der Waals surface area contributed by atoms with Gasteiger partial charge >= 0.3 is 0 Å². The lowest BCUT2D eigenvalue weighted by Crippen LogP contribution is -2.49. The van der Waals surface area contributed by atoms with Crippen LogP contribution in [0.1, 0.15) is 40.0 Å². The van der Waals surface area contributed by atoms with Crippen molar-refractivity contribution < 1.29 is 10.5 Å². The molecular weight excluding hydrogens is 196 g/mol. The maximum absolute atomic E-state index is 8.25. The minimum atomic E-state index is -1.75. The van der Waals surface area contributed by atoms with Crippen LogP contribution in [0.4, 0.5) is 0 Å². The molecule has 15 heavy (non-hydrogen) atoms. The summed E-state index contributed by atoms with van der Waals surface area (Å²) < 4.78 is 0. The second-order valence-electron chi connectivity index (χ2n) is 5.24. The van der Waals surface area contributed by atoms with Crippen LogP contribution in [0, 0.1) is 32.1 Å². The van der Waals surface area contributed by atoms with Crippen molar-refractivity contribution >= 4 is 5.71 Å². The molecule has 2 unspecified atom stereocenters. The summed E-state index contributed by atoms with van der Waals surface area (Å²) in [6.07, 6.45) is 3.89. The third-order valence-corrected chi connectivity index (χ3v) is 4.61. The topological polar surface area (TPSA) is 91.8 Å². The molecule has 2 saturated carbocycles. The zero-order valence-corrected chi connectivity index (χ0v) is 9.45. The first-order chi connectivity index (χ1) is 6.72. The molecule has 2 fully saturated rings. The molecule has 2 aliphatic carbocycles. The van der Waals surface area contributed by atoms with E-state index in [9.17, 15) is 0 Å². The normalized spacial score (nSPS) is 35.9. The van der Waals surface area contributed by atoms with Gasteiger partial charge in [0.25, 0.3) is 0 Å². The fourth-order valence-corrected chi connectivity index (χ4v) is 3.02. The Morgan fingerprint density at radius 1 is 1.40 bits per heavy atom. The maximum Gasteiger partial charge on any atom is 0.155 e. The molecule has 0 saturated heterocycles. The summed E-state index contributed by atoms with van der Waals surface area (Å²) in [5.74, 6) is 0.868. The van der Waals surface area contributed by atoms with E-state index in [1.165, 1.54) is 25.0 Å². The summed E-state index contributed by atoms with van der Waals surface area (Å²) in [6, 6.07) is 0. The van der Waals surface area contributed by atoms with Gasteiger partial charge in [-0.25, -0.2) is 0 Å². The van der Waals surface area contributed by atoms with Gasteiger partial charge in [-0.1, -0.05) is 13.8 Å². The lowest BCUT2D eigenvalue weighted by Gasteiger charge is -2.31. The minimum absolute atomic E-state index is 0.359. The Hall–Kier alpha value is -1.13. The summed E-state index contributed by atoms with van der Waals surface area (Å²) in [6.45, 7) is 7.10. The van der Waals surface area contributed by atoms with Crippen LogP contribution in [-0.4, -0.2) is 10.8 Å². The molecule has 2 rings (SSSR count). The molecule has 2 N–H and O–H groups in total. The van der Waals surface area contributed by atoms with Crippen molar-refractivity contribution in [3.63, 3.8) is 0 Å². The molecule has 2 atom stereocenters. The van der Waals surface area contributed by atoms with Gasteiger partial charge in [0, 0.05) is 6.42 Å². The Kier molecular flexibility index (Phi) is 2.76. The molecule has 0 spiro atoms. The van der Waals surface area contributed by atoms with Gasteiger partial charge in [-0.15, -0.1) is 0 Å². The molecule has 0 aliphatic heterocycles. The highest BCUT2D eigenvalue weighted by Gasteiger charge is 2.62. The van der Waals surface area contributed by atoms with Crippen molar-refractivity contribution in [1.29, 1.82) is 0 Å². The van der Waals surface area contributed by atoms with Gasteiger partial charge in [0.2, 0.25) is 0 Å². The average molecular weight is 214 g/mol. The molecular formula is C10H18N2O3. The summed E-state index contributed by atoms with van der Waals surface area (Å²) in [5, 5.41) is 20.8. The van der Waals surface area contributed by atoms with E-state index in [1.807, 2.05) is 0 Å². The fraction of sp³-hybridized carbons (Fsp3) is 0.900. The SMILES string of the molecule is CC12CCC(CC1=[NH2+])C2(C)C.O=[N+]([O-])[O-]. The summed E-state index contributed by atoms with van der Waals surface area (Å²) in [5.41, 5.74) is 2.09. The van der Waals surface area contributed by atoms with Crippen LogP contribution in [0.2, 0.25) is 0 Å². The molecule has 2 bridgehead atoms. The predicted molar refractivity (Wildman–Crippen MR) is 56.5 cm³/mol. The first kappa shape index (κ1) is 11.9. The maximum atomic E-state index is 8.25. The van der Waals surface area contributed by atoms with Crippen LogP contribution in [-0.2, 0) is 0 Å². The molecule has 5 heteroatoms. The van der Waals surface area contributed by atoms with E-state index in [2.05, 4.69) is 20.8 Å². The van der Waals surface area contributed by atoms with Gasteiger partial charge in [0.15, 0.2) is 5.71 Å². The minimum Gasteiger partial charge on any atom is -0.356 e. The van der Waals surface area contributed by atoms with Crippen molar-refractivity contribution in [2.24, 2.45) is 16.7 Å². The van der Waals surface area contributed by atoms with Crippen LogP contribution >= 0.6 is 0 Å². The third-order valence-electron chi connectivity index (χ3n) is 4.61. The second-order valence-corrected chi connectivity index (χ2v) is 5.24. The highest BCUT2D eigenvalue weighted by Crippen LogP contribution is 2.62. The Balaban J connectivity index is 0.000000245. The summed E-state index contributed by atoms with van der Waals surface area (Å²) in [4.78, 5) is 8.25. The molecule has 86 valence electrons. The third kappa shape index (κ3) is 1.70. The van der Waals surface area contributed by atoms with Gasteiger partial charge in [-0.05, 0) is 31.1 Å². The van der Waals surface area contributed by atoms with E-state index in [0.717, 1.165) is 5.92 Å². The van der Waals surface area contributed by atoms with Gasteiger partial charge in [-0.3, -0.25) is 5.41 Å². The highest BCUT2D eigenvalue weighted by atomic mass is 16.9. The van der Waals surface area contributed by atoms with Crippen LogP contribution in [0.25, 0.3) is 0 Å². The van der Waals surface area contributed by atoms with E-state index in [4.69, 9.17) is 20.7 Å². The Bertz CT molecular complexity index is 297. The average Bonchev–Trinajstić information content (AvgIpc) is 2.36. The number of fused-ring (bicyclic) bond motifs is 2. The highest BCUT2D eigenvalue weighted by molar-refractivity contribution is 5.89. The first-order valence-electron chi connectivity index (χ1n) is 5.15. The summed E-state index contributed by atoms with van der Waals surface area (Å²) in [7, 11) is 0. The molecule has 0 aromatic heterocycles. The van der Waals surface area contributed by atoms with E-state index in [0.29, 0.717) is 10.8 Å². The van der Waals surface area contributed by atoms with Crippen LogP contribution in [0.3, 0.4) is 0 Å². The van der Waals surface area contributed by atoms with E-state index in [-0.39, 0.29) is 0 Å². The van der Waals surface area contributed by atoms with Crippen molar-refractivity contribution in [2.45, 2.75) is 40.0 Å².